The van der Waals surface area contributed by atoms with Crippen molar-refractivity contribution in [1.29, 1.82) is 0 Å². The van der Waals surface area contributed by atoms with E-state index >= 15 is 0 Å². The Bertz CT molecular complexity index is 997. The van der Waals surface area contributed by atoms with Crippen molar-refractivity contribution in [1.82, 2.24) is 0 Å². The molecule has 3 aliphatic rings. The molecule has 0 atom stereocenters. The van der Waals surface area contributed by atoms with Crippen molar-refractivity contribution in [2.24, 2.45) is 10.2 Å². The van der Waals surface area contributed by atoms with Crippen LogP contribution in [0.1, 0.15) is 57.8 Å². The second-order valence-corrected chi connectivity index (χ2v) is 10.1. The summed E-state index contributed by atoms with van der Waals surface area (Å²) in [6, 6.07) is 11.1. The van der Waals surface area contributed by atoms with E-state index in [0.29, 0.717) is 5.69 Å². The number of nitrogens with zero attached hydrogens (tertiary/aromatic N) is 5. The van der Waals surface area contributed by atoms with Crippen molar-refractivity contribution in [3.05, 3.63) is 46.5 Å². The monoisotopic (exact) mass is 477 g/mol. The molecule has 3 heterocycles. The van der Waals surface area contributed by atoms with Crippen LogP contribution in [0.2, 0.25) is 0 Å². The van der Waals surface area contributed by atoms with E-state index in [-0.39, 0.29) is 10.6 Å². The molecule has 0 aromatic heterocycles. The summed E-state index contributed by atoms with van der Waals surface area (Å²) in [6.45, 7) is 6.61. The summed E-state index contributed by atoms with van der Waals surface area (Å²) in [5.41, 5.74) is 5.45. The number of piperidine rings is 3. The number of nitro benzene ring substituents is 1. The maximum Gasteiger partial charge on any atom is 0.269 e. The fourth-order valence-electron chi connectivity index (χ4n) is 5.68. The van der Waals surface area contributed by atoms with Crippen LogP contribution >= 0.6 is 0 Å². The lowest BCUT2D eigenvalue weighted by atomic mass is 10.0. The lowest BCUT2D eigenvalue weighted by Crippen LogP contribution is -3.08. The second kappa shape index (κ2) is 11.2. The summed E-state index contributed by atoms with van der Waals surface area (Å²) in [6.07, 6.45) is 11.3. The average molecular weight is 478 g/mol. The molecular formula is C27H37N6O2+. The molecular weight excluding hydrogens is 440 g/mol. The summed E-state index contributed by atoms with van der Waals surface area (Å²) >= 11 is 0. The second-order valence-electron chi connectivity index (χ2n) is 10.1. The summed E-state index contributed by atoms with van der Waals surface area (Å²) < 4.78 is 0. The van der Waals surface area contributed by atoms with E-state index in [9.17, 15) is 10.1 Å². The van der Waals surface area contributed by atoms with Gasteiger partial charge in [-0.2, -0.15) is 5.11 Å². The van der Waals surface area contributed by atoms with E-state index in [4.69, 9.17) is 5.11 Å². The van der Waals surface area contributed by atoms with Gasteiger partial charge in [0.05, 0.1) is 35.1 Å². The van der Waals surface area contributed by atoms with Crippen LogP contribution < -0.4 is 14.7 Å². The zero-order valence-electron chi connectivity index (χ0n) is 20.6. The Balaban J connectivity index is 1.57. The van der Waals surface area contributed by atoms with Crippen molar-refractivity contribution < 1.29 is 9.82 Å². The molecule has 0 aliphatic carbocycles. The number of rotatable bonds is 6. The zero-order valence-corrected chi connectivity index (χ0v) is 20.6. The average Bonchev–Trinajstić information content (AvgIpc) is 2.93. The SMILES string of the molecule is O=[N+]([O-])c1ccc(N=Nc2c(N3CCCCC3)cc([NH+]3CCCCC3)cc2N2CCCCC2)cc1. The van der Waals surface area contributed by atoms with Crippen LogP contribution in [-0.4, -0.2) is 44.2 Å². The van der Waals surface area contributed by atoms with Crippen molar-refractivity contribution in [2.45, 2.75) is 57.8 Å². The van der Waals surface area contributed by atoms with Gasteiger partial charge in [0.2, 0.25) is 0 Å². The quantitative estimate of drug-likeness (QED) is 0.329. The lowest BCUT2D eigenvalue weighted by Gasteiger charge is -2.35. The molecule has 2 aromatic rings. The fraction of sp³-hybridized carbons (Fsp3) is 0.556. The highest BCUT2D eigenvalue weighted by atomic mass is 16.6. The molecule has 186 valence electrons. The Morgan fingerprint density at radius 3 is 1.74 bits per heavy atom. The van der Waals surface area contributed by atoms with E-state index in [1.807, 2.05) is 0 Å². The van der Waals surface area contributed by atoms with E-state index in [1.54, 1.807) is 17.0 Å². The fourth-order valence-corrected chi connectivity index (χ4v) is 5.68. The maximum atomic E-state index is 11.0. The lowest BCUT2D eigenvalue weighted by molar-refractivity contribution is -0.838. The molecule has 0 unspecified atom stereocenters. The molecule has 8 heteroatoms. The minimum Gasteiger partial charge on any atom is -0.369 e. The number of hydrogen-bond donors (Lipinski definition) is 1. The highest BCUT2D eigenvalue weighted by Gasteiger charge is 2.27. The molecule has 2 aromatic carbocycles. The topological polar surface area (TPSA) is 78.8 Å². The summed E-state index contributed by atoms with van der Waals surface area (Å²) in [5, 5.41) is 20.5. The highest BCUT2D eigenvalue weighted by Crippen LogP contribution is 2.43. The third-order valence-electron chi connectivity index (χ3n) is 7.65. The number of azo groups is 1. The van der Waals surface area contributed by atoms with E-state index in [1.165, 1.54) is 100 Å². The van der Waals surface area contributed by atoms with Crippen LogP contribution in [0.5, 0.6) is 0 Å². The van der Waals surface area contributed by atoms with Gasteiger partial charge in [0, 0.05) is 50.4 Å². The normalized spacial score (nSPS) is 19.9. The van der Waals surface area contributed by atoms with Gasteiger partial charge >= 0.3 is 0 Å². The molecule has 3 fully saturated rings. The van der Waals surface area contributed by atoms with Crippen molar-refractivity contribution in [3.63, 3.8) is 0 Å². The van der Waals surface area contributed by atoms with E-state index in [2.05, 4.69) is 27.0 Å². The van der Waals surface area contributed by atoms with Crippen LogP contribution in [0.4, 0.5) is 34.1 Å². The van der Waals surface area contributed by atoms with E-state index < -0.39 is 0 Å². The number of non-ortho nitro benzene ring substituents is 1. The Morgan fingerprint density at radius 1 is 0.714 bits per heavy atom. The Morgan fingerprint density at radius 2 is 1.23 bits per heavy atom. The predicted octanol–water partition coefficient (Wildman–Crippen LogP) is 5.69. The Hall–Kier alpha value is -3.00. The summed E-state index contributed by atoms with van der Waals surface area (Å²) in [4.78, 5) is 17.3. The molecule has 0 radical (unpaired) electrons. The van der Waals surface area contributed by atoms with Gasteiger partial charge in [-0.25, -0.2) is 0 Å². The van der Waals surface area contributed by atoms with Crippen molar-refractivity contribution in [2.75, 3.05) is 49.1 Å². The first kappa shape index (κ1) is 23.7. The first-order valence-corrected chi connectivity index (χ1v) is 13.4. The van der Waals surface area contributed by atoms with Gasteiger partial charge in [0.25, 0.3) is 5.69 Å². The predicted molar refractivity (Wildman–Crippen MR) is 140 cm³/mol. The minimum atomic E-state index is -0.383. The third kappa shape index (κ3) is 5.64. The van der Waals surface area contributed by atoms with Crippen LogP contribution in [-0.2, 0) is 0 Å². The van der Waals surface area contributed by atoms with Gasteiger partial charge in [0.15, 0.2) is 0 Å². The smallest absolute Gasteiger partial charge is 0.269 e. The molecule has 3 aliphatic heterocycles. The largest absolute Gasteiger partial charge is 0.369 e. The van der Waals surface area contributed by atoms with E-state index in [0.717, 1.165) is 31.9 Å². The highest BCUT2D eigenvalue weighted by molar-refractivity contribution is 5.84. The van der Waals surface area contributed by atoms with Crippen molar-refractivity contribution in [3.8, 4) is 0 Å². The van der Waals surface area contributed by atoms with Gasteiger partial charge in [-0.05, 0) is 69.9 Å². The molecule has 0 amide bonds. The molecule has 1 N–H and O–H groups in total. The van der Waals surface area contributed by atoms with Gasteiger partial charge in [0.1, 0.15) is 11.4 Å². The molecule has 35 heavy (non-hydrogen) atoms. The molecule has 5 rings (SSSR count). The number of anilines is 2. The maximum absolute atomic E-state index is 11.0. The first-order chi connectivity index (χ1) is 17.2. The van der Waals surface area contributed by atoms with Crippen molar-refractivity contribution >= 4 is 34.1 Å². The first-order valence-electron chi connectivity index (χ1n) is 13.4. The molecule has 8 nitrogen and oxygen atoms in total. The molecule has 0 bridgehead atoms. The number of nitrogens with one attached hydrogen (secondary N) is 1. The third-order valence-corrected chi connectivity index (χ3v) is 7.65. The zero-order chi connectivity index (χ0) is 24.0. The van der Waals surface area contributed by atoms with Crippen LogP contribution in [0.25, 0.3) is 0 Å². The number of hydrogen-bond acceptors (Lipinski definition) is 6. The Labute approximate surface area is 207 Å². The Kier molecular flexibility index (Phi) is 7.57. The van der Waals surface area contributed by atoms with Gasteiger partial charge in [-0.15, -0.1) is 5.11 Å². The van der Waals surface area contributed by atoms with Crippen LogP contribution in [0.3, 0.4) is 0 Å². The van der Waals surface area contributed by atoms with Gasteiger partial charge in [-0.1, -0.05) is 0 Å². The van der Waals surface area contributed by atoms with Crippen LogP contribution in [0, 0.1) is 10.1 Å². The molecule has 3 saturated heterocycles. The molecule has 0 spiro atoms. The van der Waals surface area contributed by atoms with Gasteiger partial charge in [-0.3, -0.25) is 10.1 Å². The summed E-state index contributed by atoms with van der Waals surface area (Å²) in [5.74, 6) is 0. The van der Waals surface area contributed by atoms with Gasteiger partial charge < -0.3 is 14.7 Å². The number of quaternary nitrogens is 1. The minimum absolute atomic E-state index is 0.0702. The standard InChI is InChI=1S/C27H36N6O2/c34-33(35)23-12-10-22(11-13-23)28-29-27-25(31-16-6-2-7-17-31)20-24(30-14-4-1-5-15-30)21-26(27)32-18-8-3-9-19-32/h10-13,20-21H,1-9,14-19H2/p+1. The number of benzene rings is 2. The molecule has 0 saturated carbocycles. The summed E-state index contributed by atoms with van der Waals surface area (Å²) in [7, 11) is 0. The number of nitro groups is 1. The van der Waals surface area contributed by atoms with Crippen LogP contribution in [0.15, 0.2) is 46.6 Å².